The van der Waals surface area contributed by atoms with Crippen LogP contribution in [0.5, 0.6) is 5.75 Å². The molecule has 2 amide bonds. The second kappa shape index (κ2) is 17.9. The highest BCUT2D eigenvalue weighted by Crippen LogP contribution is 2.53. The third kappa shape index (κ3) is 10.7. The summed E-state index contributed by atoms with van der Waals surface area (Å²) in [6.45, 7) is 8.08. The molecule has 2 fully saturated rings. The topological polar surface area (TPSA) is 204 Å². The number of aromatic nitrogens is 2. The average Bonchev–Trinajstić information content (AvgIpc) is 3.93. The van der Waals surface area contributed by atoms with Crippen molar-refractivity contribution in [3.63, 3.8) is 0 Å². The van der Waals surface area contributed by atoms with Crippen LogP contribution >= 0.6 is 0 Å². The van der Waals surface area contributed by atoms with E-state index in [-0.39, 0.29) is 47.3 Å². The van der Waals surface area contributed by atoms with Gasteiger partial charge in [-0.3, -0.25) is 4.79 Å². The van der Waals surface area contributed by atoms with Gasteiger partial charge in [-0.15, -0.1) is 0 Å². The van der Waals surface area contributed by atoms with Gasteiger partial charge in [0.25, 0.3) is 5.91 Å². The number of aliphatic hydroxyl groups is 1. The number of ether oxygens (including phenoxy) is 3. The fourth-order valence-electron chi connectivity index (χ4n) is 7.06. The van der Waals surface area contributed by atoms with Gasteiger partial charge in [-0.25, -0.2) is 23.2 Å². The number of nitrogens with one attached hydrogen (secondary N) is 1. The Hall–Kier alpha value is -4.31. The lowest BCUT2D eigenvalue weighted by atomic mass is 9.91. The van der Waals surface area contributed by atoms with Gasteiger partial charge in [-0.2, -0.15) is 0 Å². The Kier molecular flexibility index (Phi) is 13.7. The van der Waals surface area contributed by atoms with Crippen molar-refractivity contribution in [3.8, 4) is 17.0 Å². The fourth-order valence-corrected chi connectivity index (χ4v) is 9.19. The summed E-state index contributed by atoms with van der Waals surface area (Å²) in [5.74, 6) is -1.10. The number of hydrogen-bond donors (Lipinski definition) is 4. The van der Waals surface area contributed by atoms with Crippen molar-refractivity contribution in [3.05, 3.63) is 59.9 Å². The third-order valence-corrected chi connectivity index (χ3v) is 12.8. The number of nitrogen functional groups attached to an aromatic ring is 1. The van der Waals surface area contributed by atoms with Crippen LogP contribution in [0.3, 0.4) is 0 Å². The Morgan fingerprint density at radius 2 is 1.77 bits per heavy atom. The number of aliphatic hydroxyl groups excluding tert-OH is 1. The molecule has 0 bridgehead atoms. The first-order chi connectivity index (χ1) is 26.5. The summed E-state index contributed by atoms with van der Waals surface area (Å²) in [5, 5.41) is 22.8. The maximum atomic E-state index is 14.3. The number of nitrogens with two attached hydrogens (primary N) is 1. The zero-order valence-electron chi connectivity index (χ0n) is 33.2. The number of amides is 2. The molecule has 0 spiro atoms. The van der Waals surface area contributed by atoms with E-state index in [0.29, 0.717) is 49.1 Å². The Morgan fingerprint density at radius 3 is 2.41 bits per heavy atom. The van der Waals surface area contributed by atoms with Crippen LogP contribution in [0.25, 0.3) is 11.3 Å². The van der Waals surface area contributed by atoms with Gasteiger partial charge < -0.3 is 40.4 Å². The van der Waals surface area contributed by atoms with Crippen LogP contribution in [0, 0.1) is 0 Å². The van der Waals surface area contributed by atoms with E-state index in [2.05, 4.69) is 15.3 Å². The first kappa shape index (κ1) is 42.8. The number of aromatic hydroxyl groups is 1. The molecule has 306 valence electrons. The Labute approximate surface area is 330 Å². The standard InChI is InChI=1S/C41H57N5O9S/c1-39(2,3)55-38(50)46(5)26-29-13-12-14-31(35(29)48)45-37(49)34-36(42)43-25-32(44-34)28-16-18-30(19-17-28)56(51,52)41(21-22-41)27-40(4,20-9-6-7-10-23-47)54-33-15-8-11-24-53-33/h12-14,16-19,25,33,47-48H,6-11,15,20-24,26-27H2,1-5H3,(H2,42,43)(H,45,49). The summed E-state index contributed by atoms with van der Waals surface area (Å²) in [6.07, 6.45) is 8.79. The summed E-state index contributed by atoms with van der Waals surface area (Å²) in [6, 6.07) is 11.1. The van der Waals surface area contributed by atoms with Crippen LogP contribution in [-0.4, -0.2) is 88.0 Å². The number of anilines is 2. The van der Waals surface area contributed by atoms with Crippen molar-refractivity contribution in [1.82, 2.24) is 14.9 Å². The number of para-hydroxylation sites is 1. The number of unbranched alkanes of at least 4 members (excludes halogenated alkanes) is 3. The molecule has 2 heterocycles. The molecule has 5 rings (SSSR count). The highest BCUT2D eigenvalue weighted by atomic mass is 32.2. The molecule has 1 saturated carbocycles. The molecule has 3 aromatic rings. The zero-order valence-corrected chi connectivity index (χ0v) is 34.0. The lowest BCUT2D eigenvalue weighted by Gasteiger charge is -2.38. The van der Waals surface area contributed by atoms with E-state index in [4.69, 9.17) is 19.9 Å². The minimum atomic E-state index is -3.76. The molecule has 14 nitrogen and oxygen atoms in total. The molecular weight excluding hydrogens is 739 g/mol. The highest BCUT2D eigenvalue weighted by Gasteiger charge is 2.58. The predicted octanol–water partition coefficient (Wildman–Crippen LogP) is 6.99. The molecule has 56 heavy (non-hydrogen) atoms. The molecule has 1 aromatic heterocycles. The second-order valence-electron chi connectivity index (χ2n) is 16.2. The SMILES string of the molecule is CN(Cc1cccc(NC(=O)c2nc(-c3ccc(S(=O)(=O)C4(CC(C)(CCCCCCO)OC5CCCCO5)CC4)cc3)cnc2N)c1O)C(=O)OC(C)(C)C. The van der Waals surface area contributed by atoms with Crippen molar-refractivity contribution in [1.29, 1.82) is 0 Å². The Morgan fingerprint density at radius 1 is 1.05 bits per heavy atom. The largest absolute Gasteiger partial charge is 0.505 e. The molecule has 5 N–H and O–H groups in total. The van der Waals surface area contributed by atoms with E-state index >= 15 is 0 Å². The van der Waals surface area contributed by atoms with Crippen LogP contribution in [0.4, 0.5) is 16.3 Å². The lowest BCUT2D eigenvalue weighted by Crippen LogP contribution is -2.42. The molecule has 1 aliphatic carbocycles. The molecule has 15 heteroatoms. The lowest BCUT2D eigenvalue weighted by molar-refractivity contribution is -0.224. The quantitative estimate of drug-likeness (QED) is 0.0807. The van der Waals surface area contributed by atoms with E-state index < -0.39 is 37.8 Å². The van der Waals surface area contributed by atoms with Gasteiger partial charge in [0.1, 0.15) is 11.4 Å². The number of nitrogens with zero attached hydrogens (tertiary/aromatic N) is 3. The van der Waals surface area contributed by atoms with Crippen LogP contribution in [0.15, 0.2) is 53.6 Å². The molecule has 1 saturated heterocycles. The highest BCUT2D eigenvalue weighted by molar-refractivity contribution is 7.93. The molecule has 2 aromatic carbocycles. The van der Waals surface area contributed by atoms with Gasteiger partial charge in [0.15, 0.2) is 27.6 Å². The number of phenolic OH excluding ortho intramolecular Hbond substituents is 1. The molecule has 2 atom stereocenters. The fraction of sp³-hybridized carbons (Fsp3) is 0.561. The second-order valence-corrected chi connectivity index (χ2v) is 18.6. The van der Waals surface area contributed by atoms with Gasteiger partial charge in [0.2, 0.25) is 0 Å². The molecule has 0 radical (unpaired) electrons. The van der Waals surface area contributed by atoms with Gasteiger partial charge in [0, 0.05) is 31.4 Å². The van der Waals surface area contributed by atoms with Crippen LogP contribution in [0.1, 0.15) is 114 Å². The number of sulfone groups is 1. The molecule has 2 aliphatic rings. The van der Waals surface area contributed by atoms with E-state index in [1.54, 1.807) is 57.2 Å². The first-order valence-corrected chi connectivity index (χ1v) is 20.9. The van der Waals surface area contributed by atoms with Crippen LogP contribution in [-0.2, 0) is 30.6 Å². The Bertz CT molecular complexity index is 1940. The van der Waals surface area contributed by atoms with E-state index in [0.717, 1.165) is 44.9 Å². The maximum Gasteiger partial charge on any atom is 0.410 e. The number of phenols is 1. The zero-order chi connectivity index (χ0) is 40.7. The molecule has 1 aliphatic heterocycles. The minimum absolute atomic E-state index is 0.0172. The summed E-state index contributed by atoms with van der Waals surface area (Å²) < 4.78 is 45.4. The normalized spacial score (nSPS) is 17.8. The van der Waals surface area contributed by atoms with E-state index in [1.165, 1.54) is 24.2 Å². The maximum absolute atomic E-state index is 14.3. The number of rotatable bonds is 17. The van der Waals surface area contributed by atoms with Crippen molar-refractivity contribution in [2.75, 3.05) is 31.3 Å². The van der Waals surface area contributed by atoms with Gasteiger partial charge >= 0.3 is 6.09 Å². The van der Waals surface area contributed by atoms with Crippen molar-refractivity contribution in [2.24, 2.45) is 0 Å². The molecular formula is C41H57N5O9S. The van der Waals surface area contributed by atoms with Crippen molar-refractivity contribution in [2.45, 2.75) is 132 Å². The summed E-state index contributed by atoms with van der Waals surface area (Å²) in [5.41, 5.74) is 5.76. The van der Waals surface area contributed by atoms with Crippen LogP contribution < -0.4 is 11.1 Å². The van der Waals surface area contributed by atoms with Gasteiger partial charge in [0.05, 0.1) is 39.4 Å². The first-order valence-electron chi connectivity index (χ1n) is 19.4. The monoisotopic (exact) mass is 795 g/mol. The predicted molar refractivity (Wildman–Crippen MR) is 213 cm³/mol. The number of hydrogen-bond acceptors (Lipinski definition) is 12. The molecule has 2 unspecified atom stereocenters. The number of carbonyl (C=O) groups excluding carboxylic acids is 2. The number of benzene rings is 2. The van der Waals surface area contributed by atoms with Crippen molar-refractivity contribution >= 4 is 33.3 Å². The smallest absolute Gasteiger partial charge is 0.410 e. The minimum Gasteiger partial charge on any atom is -0.505 e. The van der Waals surface area contributed by atoms with E-state index in [9.17, 15) is 28.2 Å². The van der Waals surface area contributed by atoms with Crippen molar-refractivity contribution < 1.29 is 42.4 Å². The third-order valence-electron chi connectivity index (χ3n) is 10.2. The number of carbonyl (C=O) groups is 2. The van der Waals surface area contributed by atoms with Crippen LogP contribution in [0.2, 0.25) is 0 Å². The summed E-state index contributed by atoms with van der Waals surface area (Å²) >= 11 is 0. The van der Waals surface area contributed by atoms with Gasteiger partial charge in [-0.1, -0.05) is 43.5 Å². The average molecular weight is 796 g/mol. The Balaban J connectivity index is 1.29. The summed E-state index contributed by atoms with van der Waals surface area (Å²) in [4.78, 5) is 36.0. The van der Waals surface area contributed by atoms with E-state index in [1.807, 2.05) is 6.92 Å². The summed E-state index contributed by atoms with van der Waals surface area (Å²) in [7, 11) is -2.22. The van der Waals surface area contributed by atoms with Gasteiger partial charge in [-0.05, 0) is 97.3 Å².